The molecule has 6 rings (SSSR count). The number of aryl methyl sites for hydroxylation is 2. The highest BCUT2D eigenvalue weighted by molar-refractivity contribution is 5.80. The molecule has 1 N–H and O–H groups in total. The minimum absolute atomic E-state index is 0.208. The van der Waals surface area contributed by atoms with Crippen LogP contribution < -0.4 is 9.47 Å². The molecule has 3 aromatic carbocycles. The van der Waals surface area contributed by atoms with Crippen molar-refractivity contribution in [2.45, 2.75) is 20.3 Å². The van der Waals surface area contributed by atoms with Crippen molar-refractivity contribution in [3.63, 3.8) is 0 Å². The van der Waals surface area contributed by atoms with Gasteiger partial charge in [0.25, 0.3) is 0 Å². The van der Waals surface area contributed by atoms with Gasteiger partial charge in [0.2, 0.25) is 0 Å². The molecule has 0 radical (unpaired) electrons. The van der Waals surface area contributed by atoms with Gasteiger partial charge in [-0.1, -0.05) is 30.3 Å². The predicted molar refractivity (Wildman–Crippen MR) is 152 cm³/mol. The second-order valence-electron chi connectivity index (χ2n) is 9.91. The molecule has 5 aromatic rings. The zero-order valence-corrected chi connectivity index (χ0v) is 22.7. The summed E-state index contributed by atoms with van der Waals surface area (Å²) in [5, 5.41) is 14.6. The zero-order valence-electron chi connectivity index (χ0n) is 22.7. The van der Waals surface area contributed by atoms with Crippen LogP contribution in [0.5, 0.6) is 11.5 Å². The first-order valence-electron chi connectivity index (χ1n) is 13.3. The number of rotatable bonds is 2. The summed E-state index contributed by atoms with van der Waals surface area (Å²) in [5.41, 5.74) is 7.17. The van der Waals surface area contributed by atoms with E-state index in [1.807, 2.05) is 62.4 Å². The summed E-state index contributed by atoms with van der Waals surface area (Å²) in [4.78, 5) is 16.6. The summed E-state index contributed by atoms with van der Waals surface area (Å²) < 4.78 is 33.6. The highest BCUT2D eigenvalue weighted by Gasteiger charge is 2.21. The lowest BCUT2D eigenvalue weighted by Gasteiger charge is -2.16. The van der Waals surface area contributed by atoms with Crippen molar-refractivity contribution >= 4 is 11.6 Å². The van der Waals surface area contributed by atoms with Gasteiger partial charge < -0.3 is 19.3 Å². The summed E-state index contributed by atoms with van der Waals surface area (Å²) in [6.45, 7) is 4.95. The summed E-state index contributed by atoms with van der Waals surface area (Å²) in [6, 6.07) is 19.9. The average Bonchev–Trinajstić information content (AvgIpc) is 3.37. The number of halogens is 1. The third-order valence-corrected chi connectivity index (χ3v) is 7.08. The molecule has 208 valence electrons. The molecule has 0 saturated heterocycles. The van der Waals surface area contributed by atoms with E-state index in [1.165, 1.54) is 12.1 Å². The number of fused-ring (bicyclic) bond motifs is 9. The van der Waals surface area contributed by atoms with E-state index in [-0.39, 0.29) is 13.0 Å². The van der Waals surface area contributed by atoms with E-state index in [9.17, 15) is 14.3 Å². The molecule has 6 bridgehead atoms. The van der Waals surface area contributed by atoms with Gasteiger partial charge in [0, 0.05) is 40.1 Å². The molecule has 0 spiro atoms. The third-order valence-electron chi connectivity index (χ3n) is 7.08. The number of hydrogen-bond acceptors (Lipinski definition) is 6. The molecular formula is C32H28FN3O5. The minimum Gasteiger partial charge on any atom is -0.491 e. The number of carbonyl (C=O) groups is 1. The Morgan fingerprint density at radius 1 is 0.902 bits per heavy atom. The van der Waals surface area contributed by atoms with Crippen LogP contribution in [0.2, 0.25) is 0 Å². The number of carboxylic acids is 1. The van der Waals surface area contributed by atoms with Crippen molar-refractivity contribution in [3.8, 4) is 45.1 Å². The summed E-state index contributed by atoms with van der Waals surface area (Å²) in [7, 11) is 0. The van der Waals surface area contributed by atoms with E-state index in [0.717, 1.165) is 27.8 Å². The van der Waals surface area contributed by atoms with E-state index in [0.29, 0.717) is 59.6 Å². The minimum atomic E-state index is -0.959. The first-order valence-corrected chi connectivity index (χ1v) is 13.3. The molecule has 0 unspecified atom stereocenters. The van der Waals surface area contributed by atoms with E-state index < -0.39 is 11.8 Å². The molecule has 8 nitrogen and oxygen atoms in total. The third kappa shape index (κ3) is 5.36. The van der Waals surface area contributed by atoms with E-state index >= 15 is 0 Å². The van der Waals surface area contributed by atoms with Crippen LogP contribution >= 0.6 is 0 Å². The largest absolute Gasteiger partial charge is 0.491 e. The second kappa shape index (κ2) is 11.0. The molecule has 41 heavy (non-hydrogen) atoms. The number of benzene rings is 3. The van der Waals surface area contributed by atoms with Gasteiger partial charge in [-0.05, 0) is 49.2 Å². The summed E-state index contributed by atoms with van der Waals surface area (Å²) >= 11 is 0. The lowest BCUT2D eigenvalue weighted by atomic mass is 10.0. The van der Waals surface area contributed by atoms with Gasteiger partial charge in [-0.3, -0.25) is 4.79 Å². The Labute approximate surface area is 236 Å². The van der Waals surface area contributed by atoms with Gasteiger partial charge in [0.1, 0.15) is 30.5 Å². The number of nitrogens with zero attached hydrogens (tertiary/aromatic N) is 3. The molecular weight excluding hydrogens is 525 g/mol. The van der Waals surface area contributed by atoms with Crippen molar-refractivity contribution in [1.82, 2.24) is 14.6 Å². The Bertz CT molecular complexity index is 1780. The van der Waals surface area contributed by atoms with Gasteiger partial charge in [0.15, 0.2) is 5.65 Å². The topological polar surface area (TPSA) is 95.2 Å². The number of carboxylic acid groups (broad SMARTS) is 1. The molecule has 0 amide bonds. The Morgan fingerprint density at radius 3 is 2.49 bits per heavy atom. The first kappa shape index (κ1) is 26.5. The highest BCUT2D eigenvalue weighted by Crippen LogP contribution is 2.35. The maximum absolute atomic E-state index is 14.2. The predicted octanol–water partition coefficient (Wildman–Crippen LogP) is 5.90. The van der Waals surface area contributed by atoms with Crippen molar-refractivity contribution in [1.29, 1.82) is 0 Å². The molecule has 0 saturated carbocycles. The molecule has 1 aliphatic rings. The van der Waals surface area contributed by atoms with E-state index in [1.54, 1.807) is 10.6 Å². The van der Waals surface area contributed by atoms with Gasteiger partial charge >= 0.3 is 5.97 Å². The van der Waals surface area contributed by atoms with Crippen molar-refractivity contribution in [2.24, 2.45) is 0 Å². The average molecular weight is 554 g/mol. The van der Waals surface area contributed by atoms with Crippen LogP contribution in [0.3, 0.4) is 0 Å². The molecule has 0 aliphatic carbocycles. The van der Waals surface area contributed by atoms with Crippen LogP contribution in [0, 0.1) is 19.7 Å². The maximum Gasteiger partial charge on any atom is 0.307 e. The Morgan fingerprint density at radius 2 is 1.68 bits per heavy atom. The van der Waals surface area contributed by atoms with E-state index in [4.69, 9.17) is 24.3 Å². The van der Waals surface area contributed by atoms with Crippen LogP contribution in [0.1, 0.15) is 16.8 Å². The molecule has 0 fully saturated rings. The van der Waals surface area contributed by atoms with Crippen LogP contribution in [0.15, 0.2) is 66.7 Å². The Balaban J connectivity index is 1.57. The van der Waals surface area contributed by atoms with Crippen LogP contribution in [-0.2, 0) is 16.0 Å². The second-order valence-corrected chi connectivity index (χ2v) is 9.91. The fraction of sp³-hybridized carbons (Fsp3) is 0.219. The molecule has 2 aromatic heterocycles. The van der Waals surface area contributed by atoms with Gasteiger partial charge in [0.05, 0.1) is 31.0 Å². The van der Waals surface area contributed by atoms with Crippen molar-refractivity contribution in [3.05, 3.63) is 89.4 Å². The molecule has 1 aliphatic heterocycles. The van der Waals surface area contributed by atoms with Gasteiger partial charge in [-0.15, -0.1) is 0 Å². The smallest absolute Gasteiger partial charge is 0.307 e. The fourth-order valence-corrected chi connectivity index (χ4v) is 5.08. The van der Waals surface area contributed by atoms with Crippen LogP contribution in [0.4, 0.5) is 4.39 Å². The zero-order chi connectivity index (χ0) is 28.5. The van der Waals surface area contributed by atoms with Crippen LogP contribution in [-0.4, -0.2) is 52.1 Å². The summed E-state index contributed by atoms with van der Waals surface area (Å²) in [5.74, 6) is -0.275. The fourth-order valence-electron chi connectivity index (χ4n) is 5.08. The number of hydrogen-bond donors (Lipinski definition) is 1. The van der Waals surface area contributed by atoms with Crippen molar-refractivity contribution < 1.29 is 28.5 Å². The van der Waals surface area contributed by atoms with Crippen molar-refractivity contribution in [2.75, 3.05) is 26.4 Å². The standard InChI is InChI=1S/C32H28FN3O5/c1-19-6-7-23-15-28(19)40-12-10-39-11-13-41-29-16-24(33)8-9-25(29)21-4-3-5-22(14-21)27-18-30-34-20(2)26(17-31(37)38)32(23)36(30)35-27/h3-9,14-16,18H,10-13,17H2,1-2H3,(H,37,38). The first-order chi connectivity index (χ1) is 19.9. The molecule has 0 atom stereocenters. The van der Waals surface area contributed by atoms with Gasteiger partial charge in [-0.25, -0.2) is 13.9 Å². The SMILES string of the molecule is Cc1ccc2cc1OCCOCCOc1cc(F)ccc1-c1cccc(c1)-c1cc3nc(C)c(CC(=O)O)c-2n3n1. The number of aliphatic carboxylic acids is 1. The monoisotopic (exact) mass is 553 g/mol. The van der Waals surface area contributed by atoms with E-state index in [2.05, 4.69) is 0 Å². The number of aromatic nitrogens is 3. The lowest BCUT2D eigenvalue weighted by molar-refractivity contribution is -0.136. The molecule has 9 heteroatoms. The highest BCUT2D eigenvalue weighted by atomic mass is 19.1. The molecule has 3 heterocycles. The normalized spacial score (nSPS) is 13.4. The van der Waals surface area contributed by atoms with Crippen LogP contribution in [0.25, 0.3) is 39.3 Å². The quantitative estimate of drug-likeness (QED) is 0.291. The lowest BCUT2D eigenvalue weighted by Crippen LogP contribution is -2.13. The number of ether oxygens (including phenoxy) is 3. The Hall–Kier alpha value is -4.76. The summed E-state index contributed by atoms with van der Waals surface area (Å²) in [6.07, 6.45) is -0.208. The Kier molecular flexibility index (Phi) is 7.11. The van der Waals surface area contributed by atoms with Gasteiger partial charge in [-0.2, -0.15) is 5.10 Å². The maximum atomic E-state index is 14.2.